The smallest absolute Gasteiger partial charge is 0.331 e. The van der Waals surface area contributed by atoms with Gasteiger partial charge in [-0.1, -0.05) is 6.92 Å². The first-order valence-corrected chi connectivity index (χ1v) is 21.9. The van der Waals surface area contributed by atoms with E-state index in [2.05, 4.69) is 6.92 Å². The fourth-order valence-corrected chi connectivity index (χ4v) is 12.9. The van der Waals surface area contributed by atoms with Crippen LogP contribution in [0.5, 0.6) is 0 Å². The van der Waals surface area contributed by atoms with E-state index in [1.165, 1.54) is 7.11 Å². The van der Waals surface area contributed by atoms with Crippen molar-refractivity contribution in [1.82, 2.24) is 0 Å². The van der Waals surface area contributed by atoms with Gasteiger partial charge < -0.3 is 88.6 Å². The maximum atomic E-state index is 13.3. The van der Waals surface area contributed by atoms with E-state index in [4.69, 9.17) is 37.9 Å². The predicted octanol–water partition coefficient (Wildman–Crippen LogP) is -2.06. The van der Waals surface area contributed by atoms with E-state index in [1.807, 2.05) is 0 Å². The lowest BCUT2D eigenvalue weighted by Gasteiger charge is -2.63. The second-order valence-corrected chi connectivity index (χ2v) is 19.1. The molecule has 4 aliphatic heterocycles. The first-order chi connectivity index (χ1) is 29.0. The molecule has 9 N–H and O–H groups in total. The molecule has 0 aromatic heterocycles. The van der Waals surface area contributed by atoms with Crippen molar-refractivity contribution < 1.29 is 93.4 Å². The van der Waals surface area contributed by atoms with Gasteiger partial charge in [-0.15, -0.1) is 0 Å². The predicted molar refractivity (Wildman–Crippen MR) is 203 cm³/mol. The van der Waals surface area contributed by atoms with Crippen LogP contribution in [0.1, 0.15) is 71.6 Å². The Morgan fingerprint density at radius 1 is 0.770 bits per heavy atom. The number of methoxy groups -OCH3 is 1. The van der Waals surface area contributed by atoms with Crippen molar-refractivity contribution in [1.29, 1.82) is 0 Å². The van der Waals surface area contributed by atoms with Crippen molar-refractivity contribution in [3.8, 4) is 0 Å². The summed E-state index contributed by atoms with van der Waals surface area (Å²) in [5.41, 5.74) is -1.07. The molecule has 0 spiro atoms. The molecule has 346 valence electrons. The number of carbonyl (C=O) groups excluding carboxylic acids is 2. The van der Waals surface area contributed by atoms with Gasteiger partial charge in [0.1, 0.15) is 80.0 Å². The van der Waals surface area contributed by atoms with E-state index >= 15 is 0 Å². The maximum absolute atomic E-state index is 13.3. The fraction of sp³-hybridized carbons (Fsp3) is 0.905. The summed E-state index contributed by atoms with van der Waals surface area (Å²) < 4.78 is 46.4. The third-order valence-electron chi connectivity index (χ3n) is 16.3. The summed E-state index contributed by atoms with van der Waals surface area (Å²) in [6.07, 6.45) is -13.2. The van der Waals surface area contributed by atoms with Gasteiger partial charge in [0.05, 0.1) is 31.0 Å². The summed E-state index contributed by atoms with van der Waals surface area (Å²) in [6, 6.07) is 0. The molecule has 0 bridgehead atoms. The number of esters is 1. The van der Waals surface area contributed by atoms with Crippen LogP contribution in [-0.2, 0) is 47.5 Å². The number of ether oxygens (including phenoxy) is 8. The van der Waals surface area contributed by atoms with E-state index in [9.17, 15) is 55.5 Å². The topological polar surface area (TPSA) is 290 Å². The van der Waals surface area contributed by atoms with Crippen molar-refractivity contribution in [3.63, 3.8) is 0 Å². The molecule has 23 atom stereocenters. The summed E-state index contributed by atoms with van der Waals surface area (Å²) in [7, 11) is 1.36. The Balaban J connectivity index is 0.887. The molecule has 0 radical (unpaired) electrons. The Morgan fingerprint density at radius 3 is 2.13 bits per heavy atom. The summed E-state index contributed by atoms with van der Waals surface area (Å²) in [6.45, 7) is 2.83. The Bertz CT molecular complexity index is 1620. The van der Waals surface area contributed by atoms with Gasteiger partial charge in [-0.25, -0.2) is 4.79 Å². The van der Waals surface area contributed by atoms with Crippen LogP contribution in [0.2, 0.25) is 0 Å². The monoisotopic (exact) mass is 872 g/mol. The van der Waals surface area contributed by atoms with E-state index in [1.54, 1.807) is 13.0 Å². The molecule has 0 aromatic rings. The Hall–Kier alpha value is -1.76. The van der Waals surface area contributed by atoms with E-state index in [0.717, 1.165) is 44.0 Å². The van der Waals surface area contributed by atoms with Crippen molar-refractivity contribution in [2.45, 2.75) is 175 Å². The molecule has 8 aliphatic rings. The summed E-state index contributed by atoms with van der Waals surface area (Å²) in [4.78, 5) is 25.3. The number of rotatable bonds is 11. The number of fused-ring (bicyclic) bond motifs is 5. The van der Waals surface area contributed by atoms with Crippen molar-refractivity contribution in [2.75, 3.05) is 26.9 Å². The lowest BCUT2D eigenvalue weighted by atomic mass is 9.43. The van der Waals surface area contributed by atoms with Gasteiger partial charge in [-0.05, 0) is 94.0 Å². The normalized spacial score (nSPS) is 53.6. The lowest BCUT2D eigenvalue weighted by molar-refractivity contribution is -0.367. The molecular formula is C42H64O19. The van der Waals surface area contributed by atoms with E-state index in [-0.39, 0.29) is 42.4 Å². The highest BCUT2D eigenvalue weighted by molar-refractivity contribution is 5.85. The van der Waals surface area contributed by atoms with Crippen LogP contribution in [0.3, 0.4) is 0 Å². The molecule has 0 amide bonds. The number of cyclic esters (lactones) is 1. The minimum absolute atomic E-state index is 0.000150. The average Bonchev–Trinajstić information content (AvgIpc) is 3.80. The highest BCUT2D eigenvalue weighted by Crippen LogP contribution is 2.69. The van der Waals surface area contributed by atoms with Crippen molar-refractivity contribution in [2.24, 2.45) is 34.5 Å². The highest BCUT2D eigenvalue weighted by Gasteiger charge is 2.69. The van der Waals surface area contributed by atoms with Crippen LogP contribution in [0, 0.1) is 34.5 Å². The molecule has 4 aliphatic carbocycles. The molecular weight excluding hydrogens is 808 g/mol. The molecule has 3 saturated heterocycles. The number of aliphatic hydroxyl groups is 9. The number of hydrogen-bond acceptors (Lipinski definition) is 19. The average molecular weight is 873 g/mol. The van der Waals surface area contributed by atoms with Crippen LogP contribution in [0.25, 0.3) is 0 Å². The van der Waals surface area contributed by atoms with Gasteiger partial charge in [0, 0.05) is 24.0 Å². The zero-order valence-electron chi connectivity index (χ0n) is 34.8. The van der Waals surface area contributed by atoms with Gasteiger partial charge in [-0.2, -0.15) is 0 Å². The molecule has 19 heteroatoms. The maximum Gasteiger partial charge on any atom is 0.331 e. The Labute approximate surface area is 353 Å². The first-order valence-electron chi connectivity index (χ1n) is 21.9. The molecule has 0 aromatic carbocycles. The fourth-order valence-electron chi connectivity index (χ4n) is 12.9. The van der Waals surface area contributed by atoms with E-state index < -0.39 is 122 Å². The van der Waals surface area contributed by atoms with Crippen LogP contribution in [-0.4, -0.2) is 189 Å². The molecule has 4 saturated carbocycles. The van der Waals surface area contributed by atoms with Gasteiger partial charge in [0.15, 0.2) is 18.9 Å². The quantitative estimate of drug-likeness (QED) is 0.0613. The van der Waals surface area contributed by atoms with Crippen LogP contribution in [0.4, 0.5) is 0 Å². The minimum atomic E-state index is -1.79. The summed E-state index contributed by atoms with van der Waals surface area (Å²) in [5.74, 6) is -0.343. The lowest BCUT2D eigenvalue weighted by Crippen LogP contribution is -2.65. The third-order valence-corrected chi connectivity index (χ3v) is 16.3. The summed E-state index contributed by atoms with van der Waals surface area (Å²) in [5, 5.41) is 96.6. The molecule has 61 heavy (non-hydrogen) atoms. The van der Waals surface area contributed by atoms with Crippen LogP contribution in [0.15, 0.2) is 11.6 Å². The number of hydrogen-bond donors (Lipinski definition) is 9. The summed E-state index contributed by atoms with van der Waals surface area (Å²) >= 11 is 0. The zero-order valence-corrected chi connectivity index (χ0v) is 34.8. The standard InChI is InChI=1S/C42H64O19/c1-18-35(61-38-33(51)31(49)29(47)26(60-38)16-56-37-32(50)30(48)28(46)25(14-43)59-37)36(54-3)34(52)39(57-18)58-21-6-10-41(17-44)20(13-21)4-5-24-23(41)7-9-40(2)22(8-11-42(24,40)53)19-12-27(45)55-15-19/h12,17-18,20-26,28-39,43,46-53H,4-11,13-16H2,1-3H3/t18-,20?,21-,22+,23?,24?,25+,26+,28+,29+,30-,31-,32+,33+,34+,35+,36+,37+,38-,39+,40+,41+,42-/m0/s1. The van der Waals surface area contributed by atoms with Crippen molar-refractivity contribution >= 4 is 12.3 Å². The second kappa shape index (κ2) is 17.6. The van der Waals surface area contributed by atoms with Gasteiger partial charge in [-0.3, -0.25) is 0 Å². The first kappa shape index (κ1) is 45.8. The third kappa shape index (κ3) is 7.64. The molecule has 19 nitrogen and oxygen atoms in total. The molecule has 4 heterocycles. The van der Waals surface area contributed by atoms with Gasteiger partial charge in [0.25, 0.3) is 0 Å². The Morgan fingerprint density at radius 2 is 1.46 bits per heavy atom. The Kier molecular flexibility index (Phi) is 13.2. The molecule has 8 rings (SSSR count). The van der Waals surface area contributed by atoms with Crippen molar-refractivity contribution in [3.05, 3.63) is 11.6 Å². The second-order valence-electron chi connectivity index (χ2n) is 19.1. The van der Waals surface area contributed by atoms with Gasteiger partial charge >= 0.3 is 5.97 Å². The zero-order chi connectivity index (χ0) is 43.8. The largest absolute Gasteiger partial charge is 0.458 e. The van der Waals surface area contributed by atoms with Crippen LogP contribution < -0.4 is 0 Å². The number of carbonyl (C=O) groups is 2. The van der Waals surface area contributed by atoms with E-state index in [0.29, 0.717) is 25.7 Å². The van der Waals surface area contributed by atoms with Crippen LogP contribution >= 0.6 is 0 Å². The number of aldehydes is 1. The highest BCUT2D eigenvalue weighted by atomic mass is 16.8. The minimum Gasteiger partial charge on any atom is -0.458 e. The van der Waals surface area contributed by atoms with Gasteiger partial charge in [0.2, 0.25) is 0 Å². The number of aliphatic hydroxyl groups excluding tert-OH is 8. The molecule has 7 fully saturated rings. The SMILES string of the molecule is CO[C@@H]1[C@@H](O)[C@@H](O[C@H]2CC[C@@]3(C=O)C(CCC4C3CC[C@]3(C)[C@@H](C5=CC(=O)OC5)CC[C@]43O)C2)O[C@@H](C)[C@H]1O[C@@H]1O[C@H](CO[C@@H]2O[C@H](CO)[C@@H](O)[C@H](O)[C@H]2O)[C@@H](O)[C@H](O)[C@H]1O. The molecule has 3 unspecified atom stereocenters.